The quantitative estimate of drug-likeness (QED) is 0.0342. The van der Waals surface area contributed by atoms with Crippen molar-refractivity contribution in [3.63, 3.8) is 0 Å². The van der Waals surface area contributed by atoms with E-state index in [4.69, 9.17) is 18.3 Å². The molecule has 0 saturated heterocycles. The molecule has 0 spiro atoms. The second-order valence-corrected chi connectivity index (χ2v) is 22.0. The van der Waals surface area contributed by atoms with Crippen molar-refractivity contribution < 1.29 is 27.9 Å². The third kappa shape index (κ3) is 17.4. The van der Waals surface area contributed by atoms with Crippen molar-refractivity contribution in [2.24, 2.45) is 0 Å². The second-order valence-electron chi connectivity index (χ2n) is 22.0. The molecule has 10 nitrogen and oxygen atoms in total. The molecule has 0 aliphatic rings. The second kappa shape index (κ2) is 26.7. The molecule has 0 saturated carbocycles. The van der Waals surface area contributed by atoms with E-state index in [1.54, 1.807) is 12.1 Å². The molecule has 0 amide bonds. The minimum atomic E-state index is -0.484. The third-order valence-electron chi connectivity index (χ3n) is 13.1. The summed E-state index contributed by atoms with van der Waals surface area (Å²) in [6, 6.07) is 22.6. The number of ether oxygens (including phenoxy) is 2. The number of carbonyl (C=O) groups excluding carboxylic acids is 2. The summed E-state index contributed by atoms with van der Waals surface area (Å²) < 4.78 is 23.3. The van der Waals surface area contributed by atoms with E-state index >= 15 is 0 Å². The van der Waals surface area contributed by atoms with Crippen LogP contribution in [0.5, 0.6) is 11.5 Å². The van der Waals surface area contributed by atoms with Crippen molar-refractivity contribution in [2.75, 3.05) is 33.4 Å². The summed E-state index contributed by atoms with van der Waals surface area (Å²) in [5.41, 5.74) is 10.8. The number of allylic oxidation sites excluding steroid dienone is 4. The van der Waals surface area contributed by atoms with E-state index in [0.29, 0.717) is 58.1 Å². The normalized spacial score (nSPS) is 11.5. The third-order valence-corrected chi connectivity index (χ3v) is 13.1. The predicted molar refractivity (Wildman–Crippen MR) is 306 cm³/mol. The van der Waals surface area contributed by atoms with Gasteiger partial charge >= 0.3 is 11.3 Å². The summed E-state index contributed by atoms with van der Waals surface area (Å²) in [5.74, 6) is 1.22. The SMILES string of the molecule is C.CC(C)=CCc1cc(C(=O)Cc2cc3ccc(OCCCN(C)C(C)(C)C)c(C)c3oc2=O)ccc1C.CC(C)=CCc1cc(C(=O)Cc2cc3ccc(OCCCNC(C)(C)C)c(C)c3oc2=O)ccc1C. The molecule has 0 atom stereocenters. The molecule has 2 aromatic heterocycles. The van der Waals surface area contributed by atoms with Crippen LogP contribution in [-0.2, 0) is 25.7 Å². The van der Waals surface area contributed by atoms with Gasteiger partial charge in [0.05, 0.1) is 13.2 Å². The number of hydrogen-bond acceptors (Lipinski definition) is 10. The van der Waals surface area contributed by atoms with Gasteiger partial charge in [-0.05, 0) is 207 Å². The molecule has 74 heavy (non-hydrogen) atoms. The molecule has 0 aliphatic heterocycles. The predicted octanol–water partition coefficient (Wildman–Crippen LogP) is 14.0. The van der Waals surface area contributed by atoms with Gasteiger partial charge in [0.2, 0.25) is 0 Å². The standard InChI is InChI=1S/C32H41NO4.C31H39NO4.CH4/c1-21(2)10-12-24-18-25(13-11-22(24)3)28(34)20-27-19-26-14-15-29(23(4)30(26)37-31(27)35)36-17-9-16-33(8)32(5,6)7;1-20(2)9-11-23-17-24(12-10-21(23)3)27(33)19-26-18-25-13-14-28(22(4)29(25)36-30(26)34)35-16-8-15-32-31(5,6)7;/h10-11,13-15,18-19H,9,12,16-17,20H2,1-8H3;9-10,12-14,17-18,32H,8,11,15-16,19H2,1-7H3;1H4. The Balaban J connectivity index is 0.000000316. The number of carbonyl (C=O) groups is 2. The number of benzene rings is 4. The zero-order valence-electron chi connectivity index (χ0n) is 46.4. The molecule has 0 radical (unpaired) electrons. The number of aryl methyl sites for hydroxylation is 4. The van der Waals surface area contributed by atoms with Gasteiger partial charge in [-0.25, -0.2) is 9.59 Å². The fraction of sp³-hybridized carbons (Fsp3) is 0.438. The minimum absolute atomic E-state index is 0. The molecular formula is C64H84N2O8. The van der Waals surface area contributed by atoms with Gasteiger partial charge < -0.3 is 28.5 Å². The van der Waals surface area contributed by atoms with Crippen molar-refractivity contribution in [2.45, 2.75) is 154 Å². The number of rotatable bonds is 20. The lowest BCUT2D eigenvalue weighted by atomic mass is 9.97. The average Bonchev–Trinajstić information content (AvgIpc) is 3.31. The molecular weight excluding hydrogens is 925 g/mol. The zero-order chi connectivity index (χ0) is 53.8. The highest BCUT2D eigenvalue weighted by molar-refractivity contribution is 5.99. The van der Waals surface area contributed by atoms with Crippen molar-refractivity contribution in [1.29, 1.82) is 0 Å². The van der Waals surface area contributed by atoms with Crippen LogP contribution in [0.1, 0.15) is 155 Å². The lowest BCUT2D eigenvalue weighted by molar-refractivity contribution is 0.0984. The van der Waals surface area contributed by atoms with Crippen LogP contribution in [0.2, 0.25) is 0 Å². The van der Waals surface area contributed by atoms with Gasteiger partial charge in [-0.2, -0.15) is 0 Å². The fourth-order valence-corrected chi connectivity index (χ4v) is 8.10. The number of hydrogen-bond donors (Lipinski definition) is 1. The Labute approximate surface area is 441 Å². The average molecular weight is 1010 g/mol. The largest absolute Gasteiger partial charge is 0.493 e. The Hall–Kier alpha value is -6.36. The zero-order valence-corrected chi connectivity index (χ0v) is 46.4. The first-order chi connectivity index (χ1) is 34.3. The number of nitrogens with zero attached hydrogens (tertiary/aromatic N) is 1. The lowest BCUT2D eigenvalue weighted by Crippen LogP contribution is -2.39. The molecule has 0 unspecified atom stereocenters. The highest BCUT2D eigenvalue weighted by atomic mass is 16.5. The number of ketones is 2. The van der Waals surface area contributed by atoms with Gasteiger partial charge in [-0.3, -0.25) is 9.59 Å². The summed E-state index contributed by atoms with van der Waals surface area (Å²) in [7, 11) is 2.11. The van der Waals surface area contributed by atoms with E-state index in [-0.39, 0.29) is 42.9 Å². The van der Waals surface area contributed by atoms with Crippen molar-refractivity contribution in [3.8, 4) is 11.5 Å². The van der Waals surface area contributed by atoms with E-state index < -0.39 is 11.3 Å². The first-order valence-corrected chi connectivity index (χ1v) is 25.7. The van der Waals surface area contributed by atoms with Crippen LogP contribution in [-0.4, -0.2) is 60.9 Å². The molecule has 6 rings (SSSR count). The Morgan fingerprint density at radius 2 is 1.01 bits per heavy atom. The van der Waals surface area contributed by atoms with Crippen molar-refractivity contribution in [3.05, 3.63) is 173 Å². The van der Waals surface area contributed by atoms with Gasteiger partial charge in [-0.1, -0.05) is 55.0 Å². The van der Waals surface area contributed by atoms with Gasteiger partial charge in [-0.15, -0.1) is 0 Å². The van der Waals surface area contributed by atoms with Crippen LogP contribution in [0.4, 0.5) is 0 Å². The lowest BCUT2D eigenvalue weighted by Gasteiger charge is -2.31. The van der Waals surface area contributed by atoms with Crippen molar-refractivity contribution >= 4 is 33.5 Å². The molecule has 10 heteroatoms. The highest BCUT2D eigenvalue weighted by Gasteiger charge is 2.19. The van der Waals surface area contributed by atoms with Gasteiger partial charge in [0.15, 0.2) is 11.6 Å². The van der Waals surface area contributed by atoms with Gasteiger partial charge in [0, 0.05) is 74.6 Å². The summed E-state index contributed by atoms with van der Waals surface area (Å²) >= 11 is 0. The van der Waals surface area contributed by atoms with Crippen molar-refractivity contribution in [1.82, 2.24) is 10.2 Å². The Kier molecular flexibility index (Phi) is 21.7. The van der Waals surface area contributed by atoms with Crippen LogP contribution >= 0.6 is 0 Å². The van der Waals surface area contributed by atoms with Crippen LogP contribution in [0.25, 0.3) is 21.9 Å². The topological polar surface area (TPSA) is 128 Å². The molecule has 0 aliphatic carbocycles. The summed E-state index contributed by atoms with van der Waals surface area (Å²) in [4.78, 5) is 54.0. The summed E-state index contributed by atoms with van der Waals surface area (Å²) in [6.07, 6.45) is 7.63. The smallest absolute Gasteiger partial charge is 0.339 e. The Morgan fingerprint density at radius 1 is 0.595 bits per heavy atom. The monoisotopic (exact) mass is 1010 g/mol. The highest BCUT2D eigenvalue weighted by Crippen LogP contribution is 2.29. The molecule has 1 N–H and O–H groups in total. The van der Waals surface area contributed by atoms with Crippen LogP contribution in [0.15, 0.2) is 115 Å². The summed E-state index contributed by atoms with van der Waals surface area (Å²) in [5, 5.41) is 5.01. The van der Waals surface area contributed by atoms with Crippen LogP contribution < -0.4 is 26.0 Å². The number of Topliss-reactive ketones (excluding diaryl/α,β-unsaturated/α-hetero) is 2. The maximum absolute atomic E-state index is 13.1. The van der Waals surface area contributed by atoms with E-state index in [2.05, 4.69) is 98.7 Å². The maximum atomic E-state index is 13.1. The van der Waals surface area contributed by atoms with E-state index in [9.17, 15) is 19.2 Å². The maximum Gasteiger partial charge on any atom is 0.339 e. The Bertz CT molecular complexity index is 3090. The minimum Gasteiger partial charge on any atom is -0.493 e. The first-order valence-electron chi connectivity index (χ1n) is 25.7. The first kappa shape index (κ1) is 60.2. The Morgan fingerprint density at radius 3 is 1.41 bits per heavy atom. The molecule has 6 aromatic rings. The number of fused-ring (bicyclic) bond motifs is 2. The molecule has 398 valence electrons. The fourth-order valence-electron chi connectivity index (χ4n) is 8.10. The van der Waals surface area contributed by atoms with Crippen LogP contribution in [0, 0.1) is 27.7 Å². The molecule has 0 fully saturated rings. The molecule has 2 heterocycles. The van der Waals surface area contributed by atoms with Gasteiger partial charge in [0.1, 0.15) is 22.7 Å². The molecule has 0 bridgehead atoms. The van der Waals surface area contributed by atoms with Crippen LogP contribution in [0.3, 0.4) is 0 Å². The molecule has 4 aromatic carbocycles. The van der Waals surface area contributed by atoms with E-state index in [1.165, 1.54) is 11.1 Å². The summed E-state index contributed by atoms with van der Waals surface area (Å²) in [6.45, 7) is 32.0. The van der Waals surface area contributed by atoms with Gasteiger partial charge in [0.25, 0.3) is 0 Å². The van der Waals surface area contributed by atoms with E-state index in [0.717, 1.165) is 82.9 Å². The van der Waals surface area contributed by atoms with E-state index in [1.807, 2.05) is 88.4 Å². The number of nitrogens with one attached hydrogen (secondary N) is 1.